The number of ether oxygens (including phenoxy) is 1. The standard InChI is InChI=1S/C26H29BrN6O2/c1-26(2,3)35-21(34)15-32-10-8-16(9-11-32)23-22(27)24(28)33-25(31-23)19(14-30-33)18-12-17-6-4-5-7-20(17)29-13-18/h4-7,12-14,16H,8-11,15,28H2,1-3H3. The molecule has 4 aromatic rings. The zero-order chi connectivity index (χ0) is 24.7. The number of halogens is 1. The van der Waals surface area contributed by atoms with Crippen LogP contribution in [0.15, 0.2) is 47.2 Å². The minimum Gasteiger partial charge on any atom is -0.459 e. The van der Waals surface area contributed by atoms with E-state index < -0.39 is 5.60 Å². The van der Waals surface area contributed by atoms with Gasteiger partial charge in [-0.25, -0.2) is 4.98 Å². The minimum absolute atomic E-state index is 0.186. The number of nitrogen functional groups attached to an aromatic ring is 1. The zero-order valence-corrected chi connectivity index (χ0v) is 21.7. The van der Waals surface area contributed by atoms with Crippen LogP contribution in [0.5, 0.6) is 0 Å². The predicted octanol–water partition coefficient (Wildman–Crippen LogP) is 4.81. The van der Waals surface area contributed by atoms with Gasteiger partial charge in [-0.1, -0.05) is 18.2 Å². The summed E-state index contributed by atoms with van der Waals surface area (Å²) >= 11 is 3.67. The molecule has 0 spiro atoms. The summed E-state index contributed by atoms with van der Waals surface area (Å²) in [6, 6.07) is 10.1. The summed E-state index contributed by atoms with van der Waals surface area (Å²) in [4.78, 5) is 24.0. The number of carbonyl (C=O) groups is 1. The van der Waals surface area contributed by atoms with Crippen LogP contribution in [-0.4, -0.2) is 55.7 Å². The summed E-state index contributed by atoms with van der Waals surface area (Å²) in [5.74, 6) is 0.569. The van der Waals surface area contributed by atoms with Crippen LogP contribution in [0.4, 0.5) is 5.82 Å². The molecule has 8 nitrogen and oxygen atoms in total. The Balaban J connectivity index is 1.40. The number of hydrogen-bond acceptors (Lipinski definition) is 7. The number of esters is 1. The number of nitrogens with zero attached hydrogens (tertiary/aromatic N) is 5. The molecular formula is C26H29BrN6O2. The van der Waals surface area contributed by atoms with Crippen LogP contribution in [0.1, 0.15) is 45.2 Å². The van der Waals surface area contributed by atoms with Gasteiger partial charge >= 0.3 is 5.97 Å². The average Bonchev–Trinajstić information content (AvgIpc) is 3.24. The molecule has 1 aromatic carbocycles. The van der Waals surface area contributed by atoms with Crippen molar-refractivity contribution in [2.75, 3.05) is 25.4 Å². The Morgan fingerprint density at radius 3 is 2.69 bits per heavy atom. The monoisotopic (exact) mass is 536 g/mol. The number of hydrogen-bond donors (Lipinski definition) is 1. The van der Waals surface area contributed by atoms with Gasteiger partial charge < -0.3 is 10.5 Å². The van der Waals surface area contributed by atoms with E-state index in [0.29, 0.717) is 18.0 Å². The summed E-state index contributed by atoms with van der Waals surface area (Å²) in [6.45, 7) is 7.56. The molecule has 0 atom stereocenters. The molecule has 1 aliphatic rings. The Bertz CT molecular complexity index is 1400. The van der Waals surface area contributed by atoms with E-state index in [1.54, 1.807) is 10.7 Å². The Labute approximate surface area is 212 Å². The van der Waals surface area contributed by atoms with E-state index in [2.05, 4.69) is 37.0 Å². The molecule has 1 fully saturated rings. The largest absolute Gasteiger partial charge is 0.459 e. The van der Waals surface area contributed by atoms with Crippen molar-refractivity contribution in [2.45, 2.75) is 45.1 Å². The predicted molar refractivity (Wildman–Crippen MR) is 140 cm³/mol. The summed E-state index contributed by atoms with van der Waals surface area (Å²) in [7, 11) is 0. The van der Waals surface area contributed by atoms with E-state index >= 15 is 0 Å². The van der Waals surface area contributed by atoms with Gasteiger partial charge in [0.2, 0.25) is 0 Å². The molecule has 35 heavy (non-hydrogen) atoms. The molecule has 0 bridgehead atoms. The van der Waals surface area contributed by atoms with Gasteiger partial charge in [-0.2, -0.15) is 9.61 Å². The lowest BCUT2D eigenvalue weighted by Gasteiger charge is -2.32. The molecule has 0 aliphatic carbocycles. The average molecular weight is 537 g/mol. The van der Waals surface area contributed by atoms with E-state index in [4.69, 9.17) is 15.5 Å². The summed E-state index contributed by atoms with van der Waals surface area (Å²) < 4.78 is 7.93. The first-order chi connectivity index (χ1) is 16.7. The molecule has 0 radical (unpaired) electrons. The summed E-state index contributed by atoms with van der Waals surface area (Å²) in [5, 5.41) is 5.57. The first-order valence-electron chi connectivity index (χ1n) is 11.8. The van der Waals surface area contributed by atoms with Crippen molar-refractivity contribution in [3.05, 3.63) is 52.9 Å². The molecule has 4 heterocycles. The third kappa shape index (κ3) is 4.88. The highest BCUT2D eigenvalue weighted by Crippen LogP contribution is 2.37. The number of anilines is 1. The van der Waals surface area contributed by atoms with Gasteiger partial charge in [-0.15, -0.1) is 0 Å². The lowest BCUT2D eigenvalue weighted by molar-refractivity contribution is -0.156. The number of nitrogens with two attached hydrogens (primary N) is 1. The molecule has 1 saturated heterocycles. The van der Waals surface area contributed by atoms with Crippen molar-refractivity contribution in [2.24, 2.45) is 0 Å². The maximum absolute atomic E-state index is 12.2. The maximum Gasteiger partial charge on any atom is 0.320 e. The molecular weight excluding hydrogens is 508 g/mol. The summed E-state index contributed by atoms with van der Waals surface area (Å²) in [6.07, 6.45) is 5.41. The number of likely N-dealkylation sites (tertiary alicyclic amines) is 1. The first-order valence-corrected chi connectivity index (χ1v) is 12.6. The quantitative estimate of drug-likeness (QED) is 0.373. The highest BCUT2D eigenvalue weighted by Gasteiger charge is 2.28. The van der Waals surface area contributed by atoms with Gasteiger partial charge in [0, 0.05) is 28.6 Å². The smallest absolute Gasteiger partial charge is 0.320 e. The number of benzene rings is 1. The lowest BCUT2D eigenvalue weighted by Crippen LogP contribution is -2.39. The van der Waals surface area contributed by atoms with Gasteiger partial charge in [0.25, 0.3) is 0 Å². The third-order valence-corrected chi connectivity index (χ3v) is 7.11. The van der Waals surface area contributed by atoms with Crippen molar-refractivity contribution in [3.63, 3.8) is 0 Å². The zero-order valence-electron chi connectivity index (χ0n) is 20.2. The van der Waals surface area contributed by atoms with E-state index in [0.717, 1.165) is 58.1 Å². The maximum atomic E-state index is 12.2. The molecule has 1 aliphatic heterocycles. The topological polar surface area (TPSA) is 98.6 Å². The van der Waals surface area contributed by atoms with Crippen LogP contribution in [0.25, 0.3) is 27.7 Å². The molecule has 5 rings (SSSR count). The van der Waals surface area contributed by atoms with Crippen molar-refractivity contribution >= 4 is 44.3 Å². The molecule has 0 unspecified atom stereocenters. The molecule has 182 valence electrons. The SMILES string of the molecule is CC(C)(C)OC(=O)CN1CCC(c2nc3c(-c4cnc5ccccc5c4)cnn3c(N)c2Br)CC1. The van der Waals surface area contributed by atoms with Crippen molar-refractivity contribution < 1.29 is 9.53 Å². The number of fused-ring (bicyclic) bond motifs is 2. The van der Waals surface area contributed by atoms with Gasteiger partial charge in [-0.3, -0.25) is 14.7 Å². The molecule has 2 N–H and O–H groups in total. The number of para-hydroxylation sites is 1. The van der Waals surface area contributed by atoms with Crippen LogP contribution in [0.2, 0.25) is 0 Å². The first kappa shape index (κ1) is 23.7. The van der Waals surface area contributed by atoms with Crippen molar-refractivity contribution in [1.29, 1.82) is 0 Å². The Morgan fingerprint density at radius 2 is 1.94 bits per heavy atom. The number of aromatic nitrogens is 4. The van der Waals surface area contributed by atoms with Crippen LogP contribution in [-0.2, 0) is 9.53 Å². The molecule has 3 aromatic heterocycles. The highest BCUT2D eigenvalue weighted by atomic mass is 79.9. The van der Waals surface area contributed by atoms with E-state index in [1.807, 2.05) is 51.2 Å². The van der Waals surface area contributed by atoms with Gasteiger partial charge in [-0.05, 0) is 74.8 Å². The Hall–Kier alpha value is -3.04. The van der Waals surface area contributed by atoms with Crippen LogP contribution in [0.3, 0.4) is 0 Å². The summed E-state index contributed by atoms with van der Waals surface area (Å²) in [5.41, 5.74) is 10.5. The van der Waals surface area contributed by atoms with E-state index in [9.17, 15) is 4.79 Å². The number of pyridine rings is 1. The Kier molecular flexibility index (Phi) is 6.23. The number of piperidine rings is 1. The minimum atomic E-state index is -0.472. The number of carbonyl (C=O) groups excluding carboxylic acids is 1. The van der Waals surface area contributed by atoms with Gasteiger partial charge in [0.05, 0.1) is 28.4 Å². The van der Waals surface area contributed by atoms with Crippen LogP contribution in [0, 0.1) is 0 Å². The third-order valence-electron chi connectivity index (χ3n) is 6.30. The van der Waals surface area contributed by atoms with Crippen molar-refractivity contribution in [1.82, 2.24) is 24.5 Å². The molecule has 0 saturated carbocycles. The lowest BCUT2D eigenvalue weighted by atomic mass is 9.93. The second-order valence-electron chi connectivity index (χ2n) is 10.0. The fourth-order valence-electron chi connectivity index (χ4n) is 4.63. The normalized spacial score (nSPS) is 15.7. The van der Waals surface area contributed by atoms with Crippen LogP contribution < -0.4 is 5.73 Å². The highest BCUT2D eigenvalue weighted by molar-refractivity contribution is 9.10. The van der Waals surface area contributed by atoms with E-state index in [-0.39, 0.29) is 11.9 Å². The van der Waals surface area contributed by atoms with Gasteiger partial charge in [0.15, 0.2) is 5.65 Å². The molecule has 0 amide bonds. The molecule has 9 heteroatoms. The number of rotatable bonds is 4. The second-order valence-corrected chi connectivity index (χ2v) is 10.8. The van der Waals surface area contributed by atoms with Crippen molar-refractivity contribution in [3.8, 4) is 11.1 Å². The van der Waals surface area contributed by atoms with E-state index in [1.165, 1.54) is 0 Å². The fourth-order valence-corrected chi connectivity index (χ4v) is 5.21. The fraction of sp³-hybridized carbons (Fsp3) is 0.385. The Morgan fingerprint density at radius 1 is 1.20 bits per heavy atom. The van der Waals surface area contributed by atoms with Crippen LogP contribution >= 0.6 is 15.9 Å². The van der Waals surface area contributed by atoms with Gasteiger partial charge in [0.1, 0.15) is 11.4 Å². The second kappa shape index (κ2) is 9.20.